The van der Waals surface area contributed by atoms with Crippen molar-refractivity contribution in [2.45, 2.75) is 19.4 Å². The standard InChI is InChI=1S/C25H20N2O5S/c1-15(32-25(29)17-8-11-20-21(13-17)31-14-30-20)24(28)26-18-9-6-16(7-10-18)12-23-27-19-4-2-3-5-22(19)33-23/h2-11,13,15H,12,14H2,1H3,(H,26,28)/t15-/m1/s1. The molecule has 33 heavy (non-hydrogen) atoms. The smallest absolute Gasteiger partial charge is 0.339 e. The van der Waals surface area contributed by atoms with Gasteiger partial charge in [0.15, 0.2) is 17.6 Å². The molecule has 0 bridgehead atoms. The average Bonchev–Trinajstić information content (AvgIpc) is 3.45. The van der Waals surface area contributed by atoms with Crippen molar-refractivity contribution in [1.82, 2.24) is 4.98 Å². The Balaban J connectivity index is 1.17. The van der Waals surface area contributed by atoms with E-state index in [9.17, 15) is 9.59 Å². The number of anilines is 1. The Bertz CT molecular complexity index is 1300. The van der Waals surface area contributed by atoms with E-state index in [1.807, 2.05) is 42.5 Å². The van der Waals surface area contributed by atoms with Crippen molar-refractivity contribution >= 4 is 39.1 Å². The fourth-order valence-electron chi connectivity index (χ4n) is 3.43. The molecule has 1 aromatic heterocycles. The lowest BCUT2D eigenvalue weighted by molar-refractivity contribution is -0.123. The maximum absolute atomic E-state index is 12.5. The van der Waals surface area contributed by atoms with Gasteiger partial charge in [-0.25, -0.2) is 9.78 Å². The summed E-state index contributed by atoms with van der Waals surface area (Å²) >= 11 is 1.68. The maximum Gasteiger partial charge on any atom is 0.339 e. The summed E-state index contributed by atoms with van der Waals surface area (Å²) in [4.78, 5) is 29.6. The highest BCUT2D eigenvalue weighted by atomic mass is 32.1. The molecule has 0 aliphatic carbocycles. The van der Waals surface area contributed by atoms with Crippen LogP contribution >= 0.6 is 11.3 Å². The molecule has 1 aliphatic rings. The molecule has 1 amide bonds. The number of fused-ring (bicyclic) bond motifs is 2. The Morgan fingerprint density at radius 3 is 2.67 bits per heavy atom. The number of para-hydroxylation sites is 1. The van der Waals surface area contributed by atoms with E-state index in [4.69, 9.17) is 14.2 Å². The molecule has 1 N–H and O–H groups in total. The van der Waals surface area contributed by atoms with Crippen molar-refractivity contribution < 1.29 is 23.8 Å². The Hall–Kier alpha value is -3.91. The number of hydrogen-bond acceptors (Lipinski definition) is 7. The Morgan fingerprint density at radius 1 is 1.06 bits per heavy atom. The van der Waals surface area contributed by atoms with Crippen LogP contribution in [0.2, 0.25) is 0 Å². The molecule has 0 saturated heterocycles. The third kappa shape index (κ3) is 4.65. The molecule has 0 radical (unpaired) electrons. The lowest BCUT2D eigenvalue weighted by atomic mass is 10.1. The van der Waals surface area contributed by atoms with E-state index in [1.165, 1.54) is 11.6 Å². The monoisotopic (exact) mass is 460 g/mol. The number of carbonyl (C=O) groups excluding carboxylic acids is 2. The fourth-order valence-corrected chi connectivity index (χ4v) is 4.43. The number of esters is 1. The number of rotatable bonds is 6. The molecular weight excluding hydrogens is 440 g/mol. The zero-order chi connectivity index (χ0) is 22.8. The minimum atomic E-state index is -0.967. The molecule has 166 valence electrons. The number of nitrogens with zero attached hydrogens (tertiary/aromatic N) is 1. The Labute approximate surface area is 193 Å². The van der Waals surface area contributed by atoms with E-state index in [1.54, 1.807) is 29.5 Å². The van der Waals surface area contributed by atoms with Gasteiger partial charge in [0.25, 0.3) is 5.91 Å². The number of thiazole rings is 1. The second kappa shape index (κ2) is 8.91. The first-order chi connectivity index (χ1) is 16.0. The first-order valence-electron chi connectivity index (χ1n) is 10.4. The molecule has 0 spiro atoms. The van der Waals surface area contributed by atoms with E-state index in [2.05, 4.69) is 16.4 Å². The minimum absolute atomic E-state index is 0.117. The molecule has 4 aromatic rings. The highest BCUT2D eigenvalue weighted by Crippen LogP contribution is 2.32. The highest BCUT2D eigenvalue weighted by molar-refractivity contribution is 7.18. The number of ether oxygens (including phenoxy) is 3. The lowest BCUT2D eigenvalue weighted by Gasteiger charge is -2.14. The molecule has 0 saturated carbocycles. The van der Waals surface area contributed by atoms with Gasteiger partial charge in [0.05, 0.1) is 20.8 Å². The minimum Gasteiger partial charge on any atom is -0.454 e. The van der Waals surface area contributed by atoms with E-state index in [0.29, 0.717) is 17.2 Å². The number of amides is 1. The summed E-state index contributed by atoms with van der Waals surface area (Å²) in [6.45, 7) is 1.65. The van der Waals surface area contributed by atoms with Gasteiger partial charge in [0.2, 0.25) is 6.79 Å². The zero-order valence-electron chi connectivity index (χ0n) is 17.7. The third-order valence-corrected chi connectivity index (χ3v) is 6.21. The molecule has 7 nitrogen and oxygen atoms in total. The topological polar surface area (TPSA) is 86.8 Å². The van der Waals surface area contributed by atoms with E-state index in [-0.39, 0.29) is 12.4 Å². The quantitative estimate of drug-likeness (QED) is 0.416. The van der Waals surface area contributed by atoms with Crippen molar-refractivity contribution in [2.75, 3.05) is 12.1 Å². The maximum atomic E-state index is 12.5. The molecule has 8 heteroatoms. The zero-order valence-corrected chi connectivity index (χ0v) is 18.6. The van der Waals surface area contributed by atoms with Gasteiger partial charge in [-0.1, -0.05) is 24.3 Å². The molecule has 1 atom stereocenters. The largest absolute Gasteiger partial charge is 0.454 e. The summed E-state index contributed by atoms with van der Waals surface area (Å²) in [5.41, 5.74) is 3.01. The van der Waals surface area contributed by atoms with Crippen molar-refractivity contribution in [3.05, 3.63) is 82.9 Å². The van der Waals surface area contributed by atoms with Gasteiger partial charge in [-0.15, -0.1) is 11.3 Å². The number of benzene rings is 3. The number of aromatic nitrogens is 1. The van der Waals surface area contributed by atoms with Crippen molar-refractivity contribution in [1.29, 1.82) is 0 Å². The van der Waals surface area contributed by atoms with Crippen LogP contribution in [0.1, 0.15) is 27.9 Å². The summed E-state index contributed by atoms with van der Waals surface area (Å²) in [7, 11) is 0. The number of carbonyl (C=O) groups is 2. The first-order valence-corrected chi connectivity index (χ1v) is 11.2. The van der Waals surface area contributed by atoms with Gasteiger partial charge in [0.1, 0.15) is 0 Å². The summed E-state index contributed by atoms with van der Waals surface area (Å²) < 4.78 is 17.0. The van der Waals surface area contributed by atoms with E-state index in [0.717, 1.165) is 22.5 Å². The second-order valence-electron chi connectivity index (χ2n) is 7.55. The van der Waals surface area contributed by atoms with Crippen molar-refractivity contribution in [3.63, 3.8) is 0 Å². The summed E-state index contributed by atoms with van der Waals surface area (Å²) in [5.74, 6) is 0.0292. The molecule has 0 unspecified atom stereocenters. The summed E-state index contributed by atoms with van der Waals surface area (Å²) in [6.07, 6.45) is -0.248. The Kier molecular flexibility index (Phi) is 5.66. The SMILES string of the molecule is C[C@@H](OC(=O)c1ccc2c(c1)OCO2)C(=O)Nc1ccc(Cc2nc3ccccc3s2)cc1. The highest BCUT2D eigenvalue weighted by Gasteiger charge is 2.21. The van der Waals surface area contributed by atoms with Crippen LogP contribution in [0.5, 0.6) is 11.5 Å². The van der Waals surface area contributed by atoms with E-state index >= 15 is 0 Å². The van der Waals surface area contributed by atoms with Crippen LogP contribution in [0.25, 0.3) is 10.2 Å². The molecule has 5 rings (SSSR count). The predicted molar refractivity (Wildman–Crippen MR) is 125 cm³/mol. The summed E-state index contributed by atoms with van der Waals surface area (Å²) in [6, 6.07) is 20.4. The number of hydrogen-bond donors (Lipinski definition) is 1. The van der Waals surface area contributed by atoms with Crippen LogP contribution in [0.3, 0.4) is 0 Å². The van der Waals surface area contributed by atoms with Gasteiger partial charge in [-0.3, -0.25) is 4.79 Å². The second-order valence-corrected chi connectivity index (χ2v) is 8.67. The fraction of sp³-hybridized carbons (Fsp3) is 0.160. The first kappa shape index (κ1) is 21.0. The van der Waals surface area contributed by atoms with Crippen molar-refractivity contribution in [3.8, 4) is 11.5 Å². The molecule has 1 aliphatic heterocycles. The molecule has 3 aromatic carbocycles. The third-order valence-electron chi connectivity index (χ3n) is 5.18. The predicted octanol–water partition coefficient (Wildman–Crippen LogP) is 4.80. The van der Waals surface area contributed by atoms with Gasteiger partial charge < -0.3 is 19.5 Å². The van der Waals surface area contributed by atoms with E-state index < -0.39 is 18.0 Å². The van der Waals surface area contributed by atoms with Crippen LogP contribution < -0.4 is 14.8 Å². The molecule has 0 fully saturated rings. The molecular formula is C25H20N2O5S. The number of nitrogens with one attached hydrogen (secondary N) is 1. The normalized spacial score (nSPS) is 13.0. The van der Waals surface area contributed by atoms with Gasteiger partial charge in [0, 0.05) is 12.1 Å². The van der Waals surface area contributed by atoms with Crippen molar-refractivity contribution in [2.24, 2.45) is 0 Å². The average molecular weight is 461 g/mol. The van der Waals surface area contributed by atoms with Gasteiger partial charge in [-0.2, -0.15) is 0 Å². The van der Waals surface area contributed by atoms with Gasteiger partial charge in [-0.05, 0) is 55.0 Å². The Morgan fingerprint density at radius 2 is 1.85 bits per heavy atom. The molecule has 2 heterocycles. The lowest BCUT2D eigenvalue weighted by Crippen LogP contribution is -2.30. The van der Waals surface area contributed by atoms with Crippen LogP contribution in [-0.2, 0) is 16.0 Å². The summed E-state index contributed by atoms with van der Waals surface area (Å²) in [5, 5.41) is 3.82. The van der Waals surface area contributed by atoms with Gasteiger partial charge >= 0.3 is 5.97 Å². The van der Waals surface area contributed by atoms with Crippen LogP contribution in [0.15, 0.2) is 66.7 Å². The van der Waals surface area contributed by atoms with Crippen LogP contribution in [0.4, 0.5) is 5.69 Å². The van der Waals surface area contributed by atoms with Crippen LogP contribution in [-0.4, -0.2) is 29.8 Å². The van der Waals surface area contributed by atoms with Crippen LogP contribution in [0, 0.1) is 0 Å².